The summed E-state index contributed by atoms with van der Waals surface area (Å²) < 4.78 is 11.7. The molecule has 1 aromatic carbocycles. The Morgan fingerprint density at radius 2 is 2.19 bits per heavy atom. The molecule has 1 aromatic heterocycles. The van der Waals surface area contributed by atoms with Gasteiger partial charge in [-0.05, 0) is 35.9 Å². The molecule has 0 bridgehead atoms. The van der Waals surface area contributed by atoms with E-state index in [0.717, 1.165) is 21.5 Å². The lowest BCUT2D eigenvalue weighted by atomic mass is 10.2. The fraction of sp³-hybridized carbons (Fsp3) is 0.167. The predicted octanol–water partition coefficient (Wildman–Crippen LogP) is 3.08. The molecule has 0 radical (unpaired) electrons. The molecule has 1 heterocycles. The lowest BCUT2D eigenvalue weighted by Crippen LogP contribution is -1.98. The molecule has 0 fully saturated rings. The number of hydrogen-bond acceptors (Lipinski definition) is 3. The minimum absolute atomic E-state index is 0.424. The standard InChI is InChI=1S/C12H12BrNO2/c13-10-4-9(7-14)5-12(6-10)16-8-11-2-1-3-15-11/h1-6H,7-8,14H2. The Balaban J connectivity index is 2.06. The van der Waals surface area contributed by atoms with Crippen LogP contribution in [0.25, 0.3) is 0 Å². The molecular formula is C12H12BrNO2. The van der Waals surface area contributed by atoms with Gasteiger partial charge in [0.1, 0.15) is 18.1 Å². The summed E-state index contributed by atoms with van der Waals surface area (Å²) in [5.41, 5.74) is 6.61. The molecule has 0 aliphatic carbocycles. The first kappa shape index (κ1) is 11.2. The highest BCUT2D eigenvalue weighted by Gasteiger charge is 2.01. The summed E-state index contributed by atoms with van der Waals surface area (Å²) in [7, 11) is 0. The molecule has 0 aliphatic heterocycles. The SMILES string of the molecule is NCc1cc(Br)cc(OCc2ccco2)c1. The summed E-state index contributed by atoms with van der Waals surface area (Å²) in [6.07, 6.45) is 1.63. The quantitative estimate of drug-likeness (QED) is 0.937. The van der Waals surface area contributed by atoms with Crippen LogP contribution in [0.2, 0.25) is 0 Å². The highest BCUT2D eigenvalue weighted by atomic mass is 79.9. The van der Waals surface area contributed by atoms with Crippen molar-refractivity contribution < 1.29 is 9.15 Å². The fourth-order valence-electron chi connectivity index (χ4n) is 1.37. The van der Waals surface area contributed by atoms with Gasteiger partial charge in [-0.3, -0.25) is 0 Å². The van der Waals surface area contributed by atoms with Gasteiger partial charge in [-0.15, -0.1) is 0 Å². The van der Waals surface area contributed by atoms with Gasteiger partial charge >= 0.3 is 0 Å². The van der Waals surface area contributed by atoms with Gasteiger partial charge in [-0.25, -0.2) is 0 Å². The minimum Gasteiger partial charge on any atom is -0.486 e. The normalized spacial score (nSPS) is 10.4. The highest BCUT2D eigenvalue weighted by Crippen LogP contribution is 2.22. The summed E-state index contributed by atoms with van der Waals surface area (Å²) in [4.78, 5) is 0. The summed E-state index contributed by atoms with van der Waals surface area (Å²) in [6.45, 7) is 0.921. The summed E-state index contributed by atoms with van der Waals surface area (Å²) in [5, 5.41) is 0. The molecule has 2 aromatic rings. The van der Waals surface area contributed by atoms with Crippen molar-refractivity contribution in [3.63, 3.8) is 0 Å². The zero-order valence-electron chi connectivity index (χ0n) is 8.65. The van der Waals surface area contributed by atoms with E-state index >= 15 is 0 Å². The van der Waals surface area contributed by atoms with Crippen LogP contribution in [0.1, 0.15) is 11.3 Å². The van der Waals surface area contributed by atoms with Gasteiger partial charge in [0.05, 0.1) is 6.26 Å². The maximum Gasteiger partial charge on any atom is 0.146 e. The van der Waals surface area contributed by atoms with Crippen molar-refractivity contribution in [2.24, 2.45) is 5.73 Å². The molecule has 4 heteroatoms. The van der Waals surface area contributed by atoms with Crippen LogP contribution in [-0.4, -0.2) is 0 Å². The predicted molar refractivity (Wildman–Crippen MR) is 65.1 cm³/mol. The molecule has 2 rings (SSSR count). The van der Waals surface area contributed by atoms with Crippen LogP contribution in [-0.2, 0) is 13.2 Å². The average molecular weight is 282 g/mol. The molecule has 0 spiro atoms. The van der Waals surface area contributed by atoms with Gasteiger partial charge in [0.2, 0.25) is 0 Å². The first-order valence-electron chi connectivity index (χ1n) is 4.92. The maximum atomic E-state index is 5.59. The highest BCUT2D eigenvalue weighted by molar-refractivity contribution is 9.10. The van der Waals surface area contributed by atoms with Gasteiger partial charge in [0.15, 0.2) is 0 Å². The van der Waals surface area contributed by atoms with Crippen molar-refractivity contribution in [2.45, 2.75) is 13.2 Å². The average Bonchev–Trinajstić information content (AvgIpc) is 2.78. The fourth-order valence-corrected chi connectivity index (χ4v) is 1.89. The van der Waals surface area contributed by atoms with E-state index in [-0.39, 0.29) is 0 Å². The molecule has 0 saturated heterocycles. The molecule has 3 nitrogen and oxygen atoms in total. The van der Waals surface area contributed by atoms with Crippen LogP contribution in [0.15, 0.2) is 45.5 Å². The van der Waals surface area contributed by atoms with E-state index in [1.165, 1.54) is 0 Å². The second kappa shape index (κ2) is 5.18. The van der Waals surface area contributed by atoms with E-state index in [0.29, 0.717) is 13.2 Å². The van der Waals surface area contributed by atoms with E-state index in [2.05, 4.69) is 15.9 Å². The molecule has 0 aliphatic rings. The zero-order chi connectivity index (χ0) is 11.4. The molecular weight excluding hydrogens is 270 g/mol. The maximum absolute atomic E-state index is 5.59. The molecule has 16 heavy (non-hydrogen) atoms. The van der Waals surface area contributed by atoms with Crippen molar-refractivity contribution in [3.8, 4) is 5.75 Å². The Morgan fingerprint density at radius 3 is 2.88 bits per heavy atom. The third-order valence-electron chi connectivity index (χ3n) is 2.13. The first-order valence-corrected chi connectivity index (χ1v) is 5.72. The van der Waals surface area contributed by atoms with Gasteiger partial charge in [0, 0.05) is 11.0 Å². The Labute approximate surface area is 102 Å². The molecule has 0 atom stereocenters. The number of furan rings is 1. The second-order valence-electron chi connectivity index (χ2n) is 3.37. The Kier molecular flexibility index (Phi) is 3.64. The minimum atomic E-state index is 0.424. The summed E-state index contributed by atoms with van der Waals surface area (Å²) in [6, 6.07) is 9.52. The van der Waals surface area contributed by atoms with E-state index in [1.54, 1.807) is 6.26 Å². The Morgan fingerprint density at radius 1 is 1.31 bits per heavy atom. The van der Waals surface area contributed by atoms with Crippen molar-refractivity contribution in [2.75, 3.05) is 0 Å². The molecule has 0 amide bonds. The van der Waals surface area contributed by atoms with Crippen LogP contribution >= 0.6 is 15.9 Å². The summed E-state index contributed by atoms with van der Waals surface area (Å²) >= 11 is 3.41. The number of benzene rings is 1. The zero-order valence-corrected chi connectivity index (χ0v) is 10.2. The molecule has 2 N–H and O–H groups in total. The van der Waals surface area contributed by atoms with E-state index < -0.39 is 0 Å². The molecule has 0 unspecified atom stereocenters. The third kappa shape index (κ3) is 2.87. The summed E-state index contributed by atoms with van der Waals surface area (Å²) in [5.74, 6) is 1.58. The first-order chi connectivity index (χ1) is 7.78. The number of rotatable bonds is 4. The second-order valence-corrected chi connectivity index (χ2v) is 4.28. The Bertz CT molecular complexity index is 454. The van der Waals surface area contributed by atoms with Gasteiger partial charge in [-0.2, -0.15) is 0 Å². The lowest BCUT2D eigenvalue weighted by molar-refractivity contribution is 0.270. The molecule has 84 valence electrons. The number of halogens is 1. The lowest BCUT2D eigenvalue weighted by Gasteiger charge is -2.07. The van der Waals surface area contributed by atoms with E-state index in [9.17, 15) is 0 Å². The van der Waals surface area contributed by atoms with Crippen LogP contribution in [0.4, 0.5) is 0 Å². The number of nitrogens with two attached hydrogens (primary N) is 1. The third-order valence-corrected chi connectivity index (χ3v) is 2.59. The van der Waals surface area contributed by atoms with Crippen molar-refractivity contribution in [1.29, 1.82) is 0 Å². The van der Waals surface area contributed by atoms with Crippen molar-refractivity contribution in [1.82, 2.24) is 0 Å². The van der Waals surface area contributed by atoms with Crippen LogP contribution in [0.5, 0.6) is 5.75 Å². The van der Waals surface area contributed by atoms with Gasteiger partial charge in [0.25, 0.3) is 0 Å². The smallest absolute Gasteiger partial charge is 0.146 e. The van der Waals surface area contributed by atoms with Crippen LogP contribution in [0, 0.1) is 0 Å². The van der Waals surface area contributed by atoms with Crippen molar-refractivity contribution >= 4 is 15.9 Å². The number of hydrogen-bond donors (Lipinski definition) is 1. The largest absolute Gasteiger partial charge is 0.486 e. The monoisotopic (exact) mass is 281 g/mol. The van der Waals surface area contributed by atoms with E-state index in [1.807, 2.05) is 30.3 Å². The van der Waals surface area contributed by atoms with Crippen LogP contribution in [0.3, 0.4) is 0 Å². The molecule has 0 saturated carbocycles. The van der Waals surface area contributed by atoms with E-state index in [4.69, 9.17) is 14.9 Å². The number of ether oxygens (including phenoxy) is 1. The van der Waals surface area contributed by atoms with Gasteiger partial charge in [-0.1, -0.05) is 15.9 Å². The van der Waals surface area contributed by atoms with Crippen molar-refractivity contribution in [3.05, 3.63) is 52.4 Å². The van der Waals surface area contributed by atoms with Gasteiger partial charge < -0.3 is 14.9 Å². The topological polar surface area (TPSA) is 48.4 Å². The Hall–Kier alpha value is -1.26. The van der Waals surface area contributed by atoms with Crippen LogP contribution < -0.4 is 10.5 Å².